The van der Waals surface area contributed by atoms with E-state index >= 15 is 0 Å². The Balaban J connectivity index is 3.03. The van der Waals surface area contributed by atoms with Gasteiger partial charge in [-0.1, -0.05) is 20.8 Å². The number of nitrogens with zero attached hydrogens (tertiary/aromatic N) is 2. The van der Waals surface area contributed by atoms with Gasteiger partial charge in [0.2, 0.25) is 5.88 Å². The average molecular weight is 281 g/mol. The lowest BCUT2D eigenvalue weighted by molar-refractivity contribution is 0.0882. The molecule has 0 fully saturated rings. The third kappa shape index (κ3) is 4.63. The van der Waals surface area contributed by atoms with Crippen LogP contribution in [-0.2, 0) is 4.74 Å². The van der Waals surface area contributed by atoms with Crippen LogP contribution in [0.4, 0.5) is 5.82 Å². The van der Waals surface area contributed by atoms with E-state index in [4.69, 9.17) is 9.47 Å². The van der Waals surface area contributed by atoms with E-state index in [1.54, 1.807) is 7.11 Å². The minimum Gasteiger partial charge on any atom is -0.472 e. The second-order valence-corrected chi connectivity index (χ2v) is 5.33. The maximum absolute atomic E-state index is 5.88. The van der Waals surface area contributed by atoms with E-state index in [-0.39, 0.29) is 12.0 Å². The Morgan fingerprint density at radius 3 is 2.45 bits per heavy atom. The largest absolute Gasteiger partial charge is 0.472 e. The summed E-state index contributed by atoms with van der Waals surface area (Å²) in [5, 5.41) is 3.34. The van der Waals surface area contributed by atoms with Gasteiger partial charge < -0.3 is 14.8 Å². The summed E-state index contributed by atoms with van der Waals surface area (Å²) in [7, 11) is 1.67. The predicted octanol–water partition coefficient (Wildman–Crippen LogP) is 3.14. The summed E-state index contributed by atoms with van der Waals surface area (Å²) in [5.41, 5.74) is 0.950. The first-order valence-electron chi connectivity index (χ1n) is 7.27. The van der Waals surface area contributed by atoms with Crippen LogP contribution in [0, 0.1) is 6.92 Å². The van der Waals surface area contributed by atoms with Crippen LogP contribution >= 0.6 is 0 Å². The molecular formula is C15H27N3O2. The van der Waals surface area contributed by atoms with Gasteiger partial charge in [0.1, 0.15) is 17.7 Å². The summed E-state index contributed by atoms with van der Waals surface area (Å²) < 4.78 is 11.0. The molecule has 0 amide bonds. The van der Waals surface area contributed by atoms with Crippen molar-refractivity contribution in [2.24, 2.45) is 0 Å². The molecule has 1 rings (SSSR count). The number of hydrogen-bond acceptors (Lipinski definition) is 5. The molecule has 0 saturated carbocycles. The van der Waals surface area contributed by atoms with Crippen molar-refractivity contribution >= 4 is 5.82 Å². The van der Waals surface area contributed by atoms with Crippen LogP contribution in [0.2, 0.25) is 0 Å². The second-order valence-electron chi connectivity index (χ2n) is 5.33. The van der Waals surface area contributed by atoms with Crippen molar-refractivity contribution in [3.63, 3.8) is 0 Å². The van der Waals surface area contributed by atoms with Gasteiger partial charge >= 0.3 is 0 Å². The number of nitrogens with one attached hydrogen (secondary N) is 1. The highest BCUT2D eigenvalue weighted by atomic mass is 16.5. The van der Waals surface area contributed by atoms with Crippen molar-refractivity contribution in [2.45, 2.75) is 53.1 Å². The van der Waals surface area contributed by atoms with Crippen LogP contribution in [-0.4, -0.2) is 36.3 Å². The molecule has 0 spiro atoms. The molecule has 114 valence electrons. The molecule has 0 saturated heterocycles. The predicted molar refractivity (Wildman–Crippen MR) is 81.6 cm³/mol. The Hall–Kier alpha value is -1.36. The van der Waals surface area contributed by atoms with Gasteiger partial charge in [0, 0.05) is 19.6 Å². The molecule has 1 atom stereocenters. The van der Waals surface area contributed by atoms with Gasteiger partial charge in [0.15, 0.2) is 0 Å². The minimum atomic E-state index is -0.0346. The molecule has 5 heteroatoms. The topological polar surface area (TPSA) is 56.3 Å². The van der Waals surface area contributed by atoms with E-state index in [1.807, 2.05) is 13.8 Å². The van der Waals surface area contributed by atoms with Crippen LogP contribution in [0.15, 0.2) is 0 Å². The summed E-state index contributed by atoms with van der Waals surface area (Å²) in [4.78, 5) is 9.12. The van der Waals surface area contributed by atoms with Crippen molar-refractivity contribution < 1.29 is 9.47 Å². The van der Waals surface area contributed by atoms with Crippen LogP contribution in [0.1, 0.15) is 51.4 Å². The normalized spacial score (nSPS) is 12.6. The lowest BCUT2D eigenvalue weighted by Gasteiger charge is -2.18. The van der Waals surface area contributed by atoms with E-state index in [0.717, 1.165) is 30.2 Å². The van der Waals surface area contributed by atoms with E-state index < -0.39 is 0 Å². The molecule has 1 N–H and O–H groups in total. The Morgan fingerprint density at radius 2 is 1.90 bits per heavy atom. The van der Waals surface area contributed by atoms with Crippen molar-refractivity contribution in [1.29, 1.82) is 0 Å². The molecule has 5 nitrogen and oxygen atoms in total. The quantitative estimate of drug-likeness (QED) is 0.793. The SMILES string of the molecule is CCCNc1nc(C(C)C)nc(OC(C)COC)c1C. The monoisotopic (exact) mass is 281 g/mol. The molecule has 0 aromatic carbocycles. The summed E-state index contributed by atoms with van der Waals surface area (Å²) in [6.45, 7) is 11.7. The fourth-order valence-corrected chi connectivity index (χ4v) is 1.76. The Kier molecular flexibility index (Phi) is 6.71. The van der Waals surface area contributed by atoms with Gasteiger partial charge in [-0.3, -0.25) is 0 Å². The zero-order valence-corrected chi connectivity index (χ0v) is 13.5. The van der Waals surface area contributed by atoms with Crippen molar-refractivity contribution in [3.8, 4) is 5.88 Å². The van der Waals surface area contributed by atoms with E-state index in [0.29, 0.717) is 12.5 Å². The van der Waals surface area contributed by atoms with Gasteiger partial charge in [-0.2, -0.15) is 4.98 Å². The molecular weight excluding hydrogens is 254 g/mol. The molecule has 0 aliphatic carbocycles. The molecule has 1 aromatic heterocycles. The van der Waals surface area contributed by atoms with Crippen LogP contribution in [0.5, 0.6) is 5.88 Å². The maximum atomic E-state index is 5.88. The molecule has 20 heavy (non-hydrogen) atoms. The molecule has 0 radical (unpaired) electrons. The number of ether oxygens (including phenoxy) is 2. The first-order valence-corrected chi connectivity index (χ1v) is 7.27. The van der Waals surface area contributed by atoms with Gasteiger partial charge in [-0.15, -0.1) is 0 Å². The van der Waals surface area contributed by atoms with Crippen LogP contribution < -0.4 is 10.1 Å². The van der Waals surface area contributed by atoms with Gasteiger partial charge in [0.05, 0.1) is 12.2 Å². The molecule has 1 heterocycles. The summed E-state index contributed by atoms with van der Waals surface area (Å²) in [6, 6.07) is 0. The zero-order valence-electron chi connectivity index (χ0n) is 13.5. The number of aromatic nitrogens is 2. The summed E-state index contributed by atoms with van der Waals surface area (Å²) >= 11 is 0. The van der Waals surface area contributed by atoms with E-state index in [2.05, 4.69) is 36.1 Å². The molecule has 0 aliphatic rings. The number of hydrogen-bond donors (Lipinski definition) is 1. The summed E-state index contributed by atoms with van der Waals surface area (Å²) in [5.74, 6) is 2.57. The highest BCUT2D eigenvalue weighted by Crippen LogP contribution is 2.25. The molecule has 1 aromatic rings. The van der Waals surface area contributed by atoms with Crippen LogP contribution in [0.25, 0.3) is 0 Å². The average Bonchev–Trinajstić information content (AvgIpc) is 2.39. The number of rotatable bonds is 8. The van der Waals surface area contributed by atoms with Gasteiger partial charge in [-0.05, 0) is 20.3 Å². The number of anilines is 1. The maximum Gasteiger partial charge on any atom is 0.222 e. The van der Waals surface area contributed by atoms with E-state index in [9.17, 15) is 0 Å². The van der Waals surface area contributed by atoms with Crippen molar-refractivity contribution in [1.82, 2.24) is 9.97 Å². The fourth-order valence-electron chi connectivity index (χ4n) is 1.76. The highest BCUT2D eigenvalue weighted by molar-refractivity contribution is 5.48. The number of methoxy groups -OCH3 is 1. The zero-order chi connectivity index (χ0) is 15.1. The minimum absolute atomic E-state index is 0.0346. The van der Waals surface area contributed by atoms with E-state index in [1.165, 1.54) is 0 Å². The lowest BCUT2D eigenvalue weighted by atomic mass is 10.2. The van der Waals surface area contributed by atoms with Gasteiger partial charge in [0.25, 0.3) is 0 Å². The van der Waals surface area contributed by atoms with Gasteiger partial charge in [-0.25, -0.2) is 4.98 Å². The third-order valence-corrected chi connectivity index (χ3v) is 2.89. The Bertz CT molecular complexity index is 422. The summed E-state index contributed by atoms with van der Waals surface area (Å²) in [6.07, 6.45) is 1.02. The first-order chi connectivity index (χ1) is 9.49. The Labute approximate surface area is 122 Å². The third-order valence-electron chi connectivity index (χ3n) is 2.89. The smallest absolute Gasteiger partial charge is 0.222 e. The molecule has 0 aliphatic heterocycles. The first kappa shape index (κ1) is 16.7. The standard InChI is InChI=1S/C15H27N3O2/c1-7-8-16-14-12(5)15(20-11(4)9-19-6)18-13(17-14)10(2)3/h10-11H,7-9H2,1-6H3,(H,16,17,18). The lowest BCUT2D eigenvalue weighted by Crippen LogP contribution is -2.20. The fraction of sp³-hybridized carbons (Fsp3) is 0.733. The highest BCUT2D eigenvalue weighted by Gasteiger charge is 2.16. The molecule has 0 bridgehead atoms. The van der Waals surface area contributed by atoms with Crippen molar-refractivity contribution in [2.75, 3.05) is 25.6 Å². The molecule has 1 unspecified atom stereocenters. The van der Waals surface area contributed by atoms with Crippen LogP contribution in [0.3, 0.4) is 0 Å². The second kappa shape index (κ2) is 8.04. The van der Waals surface area contributed by atoms with Crippen molar-refractivity contribution in [3.05, 3.63) is 11.4 Å². The Morgan fingerprint density at radius 1 is 1.20 bits per heavy atom.